The van der Waals surface area contributed by atoms with E-state index in [0.717, 1.165) is 84.7 Å². The lowest BCUT2D eigenvalue weighted by Gasteiger charge is -2.42. The predicted octanol–water partition coefficient (Wildman–Crippen LogP) is 13.5. The van der Waals surface area contributed by atoms with Crippen LogP contribution in [0.25, 0.3) is 20.2 Å². The molecule has 0 saturated carbocycles. The van der Waals surface area contributed by atoms with E-state index in [4.69, 9.17) is 18.9 Å². The molecule has 8 heterocycles. The molecular weight excluding hydrogens is 1150 g/mol. The topological polar surface area (TPSA) is 91.0 Å². The van der Waals surface area contributed by atoms with Gasteiger partial charge >= 0.3 is 0 Å². The maximum Gasteiger partial charge on any atom is 0.268 e. The summed E-state index contributed by atoms with van der Waals surface area (Å²) in [4.78, 5) is 3.37. The Labute approximate surface area is 513 Å². The Balaban J connectivity index is 0.954. The van der Waals surface area contributed by atoms with Crippen LogP contribution < -0.4 is 76.5 Å². The lowest BCUT2D eigenvalue weighted by molar-refractivity contribution is 0.464. The van der Waals surface area contributed by atoms with Crippen LogP contribution in [0.15, 0.2) is 121 Å². The highest BCUT2D eigenvalue weighted by molar-refractivity contribution is 7.34. The van der Waals surface area contributed by atoms with Crippen molar-refractivity contribution in [3.63, 3.8) is 0 Å². The zero-order chi connectivity index (χ0) is 60.6. The minimum absolute atomic E-state index is 0.250. The van der Waals surface area contributed by atoms with Crippen LogP contribution in [0.4, 0.5) is 51.7 Å². The number of halogens is 4. The van der Waals surface area contributed by atoms with Crippen molar-refractivity contribution in [3.05, 3.63) is 184 Å². The first kappa shape index (κ1) is 52.9. The maximum atomic E-state index is 17.5. The van der Waals surface area contributed by atoms with Crippen LogP contribution in [0.5, 0.6) is 46.0 Å². The molecule has 424 valence electrons. The van der Waals surface area contributed by atoms with Crippen molar-refractivity contribution in [1.82, 2.24) is 0 Å². The Morgan fingerprint density at radius 3 is 1.16 bits per heavy atom. The number of nitriles is 2. The van der Waals surface area contributed by atoms with Crippen LogP contribution in [-0.2, 0) is 10.8 Å². The van der Waals surface area contributed by atoms with Crippen LogP contribution in [-0.4, -0.2) is 20.1 Å². The van der Waals surface area contributed by atoms with Gasteiger partial charge in [-0.25, -0.2) is 17.6 Å². The number of nitrogens with zero attached hydrogens (tertiary/aromatic N) is 4. The second-order valence-electron chi connectivity index (χ2n) is 26.2. The average Bonchev–Trinajstić information content (AvgIpc) is 1.03. The third-order valence-electron chi connectivity index (χ3n) is 18.4. The van der Waals surface area contributed by atoms with Crippen molar-refractivity contribution in [1.29, 1.82) is 10.5 Å². The summed E-state index contributed by atoms with van der Waals surface area (Å²) in [5, 5.41) is 21.8. The highest BCUT2D eigenvalue weighted by atomic mass is 32.1. The van der Waals surface area contributed by atoms with E-state index < -0.39 is 54.2 Å². The summed E-state index contributed by atoms with van der Waals surface area (Å²) >= 11 is 3.11. The molecular formula is C71H47B3F4N4O4S2. The van der Waals surface area contributed by atoms with E-state index in [1.165, 1.54) is 24.3 Å². The molecule has 2 aromatic heterocycles. The molecule has 6 aliphatic rings. The number of hydrogen-bond acceptors (Lipinski definition) is 10. The molecule has 6 aliphatic heterocycles. The molecule has 0 radical (unpaired) electrons. The van der Waals surface area contributed by atoms with Gasteiger partial charge in [-0.3, -0.25) is 0 Å². The van der Waals surface area contributed by atoms with E-state index in [0.29, 0.717) is 91.0 Å². The van der Waals surface area contributed by atoms with Crippen LogP contribution in [0.2, 0.25) is 0 Å². The monoisotopic (exact) mass is 1190 g/mol. The normalized spacial score (nSPS) is 14.2. The molecule has 0 saturated heterocycles. The van der Waals surface area contributed by atoms with Crippen LogP contribution in [0.1, 0.15) is 80.5 Å². The van der Waals surface area contributed by atoms with Crippen molar-refractivity contribution in [2.45, 2.75) is 73.1 Å². The lowest BCUT2D eigenvalue weighted by Crippen LogP contribution is -2.64. The predicted molar refractivity (Wildman–Crippen MR) is 347 cm³/mol. The summed E-state index contributed by atoms with van der Waals surface area (Å²) in [5.74, 6) is 1.30. The molecule has 0 unspecified atom stereocenters. The van der Waals surface area contributed by atoms with Gasteiger partial charge in [0.25, 0.3) is 20.1 Å². The first-order valence-corrected chi connectivity index (χ1v) is 30.8. The molecule has 0 atom stereocenters. The number of anilines is 6. The second kappa shape index (κ2) is 17.9. The van der Waals surface area contributed by atoms with E-state index in [2.05, 4.69) is 24.3 Å². The van der Waals surface area contributed by atoms with Gasteiger partial charge in [-0.1, -0.05) is 53.7 Å². The molecule has 9 aromatic carbocycles. The van der Waals surface area contributed by atoms with Crippen molar-refractivity contribution >= 4 is 145 Å². The summed E-state index contributed by atoms with van der Waals surface area (Å²) in [6, 6.07) is 41.3. The molecule has 0 fully saturated rings. The SMILES string of the molecule is Cc1cc2c3c(c1)Oc1cc4c(cc1B3c1cc3c(cc1O2)N(c1c(F)cc(C(C)(C)C)cc1F)c1cc(C)cc2c1B3c1sc3ccc(C#N)cc3c1O2)B1c2sc3ccc(C#N)cc3c2Oc2cc(C)cc(c21)N4c1c(F)cc(C(C)(C)C)cc1F. The first-order chi connectivity index (χ1) is 42.1. The summed E-state index contributed by atoms with van der Waals surface area (Å²) in [7, 11) is 0. The summed E-state index contributed by atoms with van der Waals surface area (Å²) in [5.41, 5.74) is 10.1. The van der Waals surface area contributed by atoms with Crippen LogP contribution >= 0.6 is 22.7 Å². The lowest BCUT2D eigenvalue weighted by atomic mass is 9.31. The molecule has 8 nitrogen and oxygen atoms in total. The quantitative estimate of drug-likeness (QED) is 0.125. The zero-order valence-electron chi connectivity index (χ0n) is 49.0. The summed E-state index contributed by atoms with van der Waals surface area (Å²) in [6.45, 7) is 15.7. The standard InChI is InChI=1S/C71H47B3F4N4O4S2/c1-32-14-51-61-55(16-32)85-66-39-20-35(30-79)10-12-59(39)87-68(66)73(61)41-26-43-53(28-49(41)81(51)64-45(75)22-37(23-46(64)76)70(4,5)6)83-57-18-34(3)19-58-63(57)72(43)44-27-42-50(29-54(44)84-58)82(65-47(77)24-38(25-48(65)78)71(7,8)9)52-15-33(2)17-56-62(52)74(42)69-67(86-56)40-21-36(31-80)11-13-60(40)88-69/h10-29H,1-9H3. The van der Waals surface area contributed by atoms with Gasteiger partial charge in [-0.05, 0) is 189 Å². The Bertz CT molecular complexity index is 4850. The first-order valence-electron chi connectivity index (χ1n) is 29.2. The second-order valence-corrected chi connectivity index (χ2v) is 28.3. The van der Waals surface area contributed by atoms with Gasteiger partial charge in [-0.15, -0.1) is 22.7 Å². The number of thiophene rings is 2. The highest BCUT2D eigenvalue weighted by Crippen LogP contribution is 2.51. The van der Waals surface area contributed by atoms with Crippen LogP contribution in [0.3, 0.4) is 0 Å². The molecule has 0 aliphatic carbocycles. The van der Waals surface area contributed by atoms with Crippen molar-refractivity contribution in [2.75, 3.05) is 9.80 Å². The van der Waals surface area contributed by atoms with Gasteiger partial charge in [0.2, 0.25) is 0 Å². The minimum atomic E-state index is -0.737. The number of aryl methyl sites for hydroxylation is 3. The van der Waals surface area contributed by atoms with Gasteiger partial charge < -0.3 is 28.7 Å². The molecule has 11 aromatic rings. The van der Waals surface area contributed by atoms with Crippen molar-refractivity contribution < 1.29 is 36.5 Å². The Morgan fingerprint density at radius 2 is 0.784 bits per heavy atom. The van der Waals surface area contributed by atoms with Gasteiger partial charge in [-0.2, -0.15) is 10.5 Å². The number of benzene rings is 9. The Hall–Kier alpha value is -9.41. The third-order valence-corrected chi connectivity index (χ3v) is 20.8. The van der Waals surface area contributed by atoms with Crippen LogP contribution in [0, 0.1) is 66.7 Å². The zero-order valence-corrected chi connectivity index (χ0v) is 50.7. The highest BCUT2D eigenvalue weighted by Gasteiger charge is 2.51. The summed E-state index contributed by atoms with van der Waals surface area (Å²) < 4.78 is 102. The average molecular weight is 1190 g/mol. The molecule has 17 heteroatoms. The number of hydrogen-bond donors (Lipinski definition) is 0. The molecule has 0 bridgehead atoms. The number of rotatable bonds is 2. The fourth-order valence-corrected chi connectivity index (χ4v) is 16.8. The van der Waals surface area contributed by atoms with Crippen molar-refractivity contribution in [3.8, 4) is 58.1 Å². The van der Waals surface area contributed by atoms with E-state index in [1.54, 1.807) is 44.6 Å². The maximum absolute atomic E-state index is 17.5. The van der Waals surface area contributed by atoms with Crippen molar-refractivity contribution in [2.24, 2.45) is 0 Å². The molecule has 0 amide bonds. The fraction of sp³-hybridized carbons (Fsp3) is 0.155. The largest absolute Gasteiger partial charge is 0.458 e. The van der Waals surface area contributed by atoms with Gasteiger partial charge in [0.1, 0.15) is 57.4 Å². The smallest absolute Gasteiger partial charge is 0.268 e. The molecule has 0 spiro atoms. The van der Waals surface area contributed by atoms with E-state index >= 15 is 17.6 Å². The number of ether oxygens (including phenoxy) is 4. The third kappa shape index (κ3) is 7.32. The Morgan fingerprint density at radius 1 is 0.409 bits per heavy atom. The fourth-order valence-electron chi connectivity index (χ4n) is 14.4. The van der Waals surface area contributed by atoms with Gasteiger partial charge in [0.15, 0.2) is 23.3 Å². The molecule has 88 heavy (non-hydrogen) atoms. The van der Waals surface area contributed by atoms with Gasteiger partial charge in [0, 0.05) is 70.1 Å². The van der Waals surface area contributed by atoms with E-state index in [-0.39, 0.29) is 11.4 Å². The summed E-state index contributed by atoms with van der Waals surface area (Å²) in [6.07, 6.45) is 0. The van der Waals surface area contributed by atoms with E-state index in [1.807, 2.05) is 135 Å². The Kier molecular flexibility index (Phi) is 10.7. The molecule has 17 rings (SSSR count). The molecule has 0 N–H and O–H groups in total. The number of fused-ring (bicyclic) bond motifs is 16. The van der Waals surface area contributed by atoms with Gasteiger partial charge in [0.05, 0.1) is 23.3 Å². The van der Waals surface area contributed by atoms with E-state index in [9.17, 15) is 10.5 Å². The minimum Gasteiger partial charge on any atom is -0.458 e.